The van der Waals surface area contributed by atoms with Crippen LogP contribution in [-0.4, -0.2) is 17.6 Å². The van der Waals surface area contributed by atoms with Gasteiger partial charge in [0.2, 0.25) is 0 Å². The lowest BCUT2D eigenvalue weighted by atomic mass is 10.1. The number of carbonyl (C=O) groups excluding carboxylic acids is 1. The van der Waals surface area contributed by atoms with Gasteiger partial charge in [0.05, 0.1) is 12.2 Å². The highest BCUT2D eigenvalue weighted by molar-refractivity contribution is 9.10. The molecule has 0 spiro atoms. The number of pyridine rings is 1. The van der Waals surface area contributed by atoms with Crippen molar-refractivity contribution in [2.24, 2.45) is 0 Å². The summed E-state index contributed by atoms with van der Waals surface area (Å²) < 4.78 is 6.21. The Morgan fingerprint density at radius 2 is 2.16 bits per heavy atom. The highest BCUT2D eigenvalue weighted by Gasteiger charge is 2.10. The van der Waals surface area contributed by atoms with Gasteiger partial charge < -0.3 is 4.74 Å². The number of carbonyl (C=O) groups is 1. The molecule has 1 aromatic heterocycles. The number of esters is 1. The summed E-state index contributed by atoms with van der Waals surface area (Å²) in [6, 6.07) is 11.2. The van der Waals surface area contributed by atoms with E-state index in [0.29, 0.717) is 18.6 Å². The first kappa shape index (κ1) is 13.7. The Bertz CT molecular complexity index is 570. The summed E-state index contributed by atoms with van der Waals surface area (Å²) in [5, 5.41) is 0. The number of ether oxygens (including phenoxy) is 1. The fourth-order valence-corrected chi connectivity index (χ4v) is 2.20. The van der Waals surface area contributed by atoms with E-state index in [4.69, 9.17) is 4.74 Å². The van der Waals surface area contributed by atoms with Crippen LogP contribution in [0, 0.1) is 6.92 Å². The van der Waals surface area contributed by atoms with Crippen LogP contribution in [-0.2, 0) is 11.2 Å². The van der Waals surface area contributed by atoms with Gasteiger partial charge >= 0.3 is 5.97 Å². The van der Waals surface area contributed by atoms with E-state index in [0.717, 1.165) is 15.7 Å². The first-order valence-corrected chi connectivity index (χ1v) is 6.79. The summed E-state index contributed by atoms with van der Waals surface area (Å²) in [4.78, 5) is 16.1. The number of hydrogen-bond acceptors (Lipinski definition) is 3. The largest absolute Gasteiger partial charge is 0.462 e. The summed E-state index contributed by atoms with van der Waals surface area (Å²) in [7, 11) is 0. The maximum Gasteiger partial charge on any atom is 0.338 e. The van der Waals surface area contributed by atoms with E-state index in [1.165, 1.54) is 0 Å². The molecule has 4 heteroatoms. The number of halogens is 1. The molecule has 0 bridgehead atoms. The molecule has 0 radical (unpaired) electrons. The highest BCUT2D eigenvalue weighted by Crippen LogP contribution is 2.16. The normalized spacial score (nSPS) is 10.2. The van der Waals surface area contributed by atoms with E-state index in [-0.39, 0.29) is 5.97 Å². The third-order valence-electron chi connectivity index (χ3n) is 2.73. The van der Waals surface area contributed by atoms with Crippen LogP contribution < -0.4 is 0 Å². The van der Waals surface area contributed by atoms with Gasteiger partial charge in [-0.25, -0.2) is 4.79 Å². The first-order chi connectivity index (χ1) is 9.16. The SMILES string of the molecule is Cc1cc(Br)ccc1C(=O)OCCc1ccccn1. The standard InChI is InChI=1S/C15H14BrNO2/c1-11-10-12(16)5-6-14(11)15(18)19-9-7-13-4-2-3-8-17-13/h2-6,8,10H,7,9H2,1H3. The van der Waals surface area contributed by atoms with Gasteiger partial charge in [-0.05, 0) is 42.8 Å². The van der Waals surface area contributed by atoms with Gasteiger partial charge in [0, 0.05) is 22.8 Å². The molecule has 0 atom stereocenters. The van der Waals surface area contributed by atoms with Gasteiger partial charge in [0.1, 0.15) is 0 Å². The maximum atomic E-state index is 11.9. The monoisotopic (exact) mass is 319 g/mol. The molecular formula is C15H14BrNO2. The van der Waals surface area contributed by atoms with Crippen LogP contribution in [0.3, 0.4) is 0 Å². The quantitative estimate of drug-likeness (QED) is 0.809. The minimum absolute atomic E-state index is 0.291. The van der Waals surface area contributed by atoms with Crippen molar-refractivity contribution in [1.82, 2.24) is 4.98 Å². The number of benzene rings is 1. The number of hydrogen-bond donors (Lipinski definition) is 0. The number of rotatable bonds is 4. The van der Waals surface area contributed by atoms with Gasteiger partial charge in [-0.2, -0.15) is 0 Å². The fourth-order valence-electron chi connectivity index (χ4n) is 1.73. The van der Waals surface area contributed by atoms with E-state index in [1.54, 1.807) is 12.3 Å². The lowest BCUT2D eigenvalue weighted by Gasteiger charge is -2.07. The van der Waals surface area contributed by atoms with Crippen molar-refractivity contribution < 1.29 is 9.53 Å². The van der Waals surface area contributed by atoms with E-state index in [2.05, 4.69) is 20.9 Å². The highest BCUT2D eigenvalue weighted by atomic mass is 79.9. The van der Waals surface area contributed by atoms with Crippen LogP contribution >= 0.6 is 15.9 Å². The molecule has 1 aromatic carbocycles. The average molecular weight is 320 g/mol. The molecule has 0 N–H and O–H groups in total. The molecule has 0 aliphatic carbocycles. The molecule has 2 aromatic rings. The second-order valence-electron chi connectivity index (χ2n) is 4.17. The van der Waals surface area contributed by atoms with Crippen LogP contribution in [0.25, 0.3) is 0 Å². The predicted octanol–water partition coefficient (Wildman–Crippen LogP) is 3.55. The van der Waals surface area contributed by atoms with Gasteiger partial charge in [-0.3, -0.25) is 4.98 Å². The number of nitrogens with zero attached hydrogens (tertiary/aromatic N) is 1. The Morgan fingerprint density at radius 3 is 2.84 bits per heavy atom. The van der Waals surface area contributed by atoms with E-state index in [9.17, 15) is 4.79 Å². The average Bonchev–Trinajstić information content (AvgIpc) is 2.39. The Morgan fingerprint density at radius 1 is 1.32 bits per heavy atom. The lowest BCUT2D eigenvalue weighted by molar-refractivity contribution is 0.0507. The van der Waals surface area contributed by atoms with Crippen LogP contribution in [0.1, 0.15) is 21.6 Å². The molecule has 1 heterocycles. The zero-order valence-corrected chi connectivity index (χ0v) is 12.2. The Kier molecular flexibility index (Phi) is 4.68. The molecule has 0 amide bonds. The number of aryl methyl sites for hydroxylation is 1. The first-order valence-electron chi connectivity index (χ1n) is 6.00. The minimum atomic E-state index is -0.291. The Hall–Kier alpha value is -1.68. The van der Waals surface area contributed by atoms with Gasteiger partial charge in [-0.1, -0.05) is 22.0 Å². The summed E-state index contributed by atoms with van der Waals surface area (Å²) >= 11 is 3.37. The molecule has 19 heavy (non-hydrogen) atoms. The van der Waals surface area contributed by atoms with Crippen molar-refractivity contribution >= 4 is 21.9 Å². The molecular weight excluding hydrogens is 306 g/mol. The van der Waals surface area contributed by atoms with Crippen LogP contribution in [0.15, 0.2) is 47.1 Å². The smallest absolute Gasteiger partial charge is 0.338 e. The predicted molar refractivity (Wildman–Crippen MR) is 77.1 cm³/mol. The lowest BCUT2D eigenvalue weighted by Crippen LogP contribution is -2.10. The van der Waals surface area contributed by atoms with Crippen molar-refractivity contribution in [3.05, 3.63) is 63.9 Å². The van der Waals surface area contributed by atoms with E-state index in [1.807, 2.05) is 37.3 Å². The molecule has 0 aliphatic rings. The minimum Gasteiger partial charge on any atom is -0.462 e. The number of aromatic nitrogens is 1. The second-order valence-corrected chi connectivity index (χ2v) is 5.08. The third-order valence-corrected chi connectivity index (χ3v) is 3.22. The zero-order valence-electron chi connectivity index (χ0n) is 10.6. The van der Waals surface area contributed by atoms with Crippen molar-refractivity contribution in [3.63, 3.8) is 0 Å². The van der Waals surface area contributed by atoms with Gasteiger partial charge in [0.15, 0.2) is 0 Å². The van der Waals surface area contributed by atoms with Crippen LogP contribution in [0.4, 0.5) is 0 Å². The topological polar surface area (TPSA) is 39.2 Å². The third kappa shape index (κ3) is 3.89. The molecule has 0 saturated carbocycles. The molecule has 3 nitrogen and oxygen atoms in total. The molecule has 2 rings (SSSR count). The van der Waals surface area contributed by atoms with Crippen LogP contribution in [0.2, 0.25) is 0 Å². The molecule has 0 fully saturated rings. The summed E-state index contributed by atoms with van der Waals surface area (Å²) in [6.45, 7) is 2.23. The maximum absolute atomic E-state index is 11.9. The van der Waals surface area contributed by atoms with Gasteiger partial charge in [0.25, 0.3) is 0 Å². The zero-order chi connectivity index (χ0) is 13.7. The van der Waals surface area contributed by atoms with Crippen molar-refractivity contribution in [2.75, 3.05) is 6.61 Å². The second kappa shape index (κ2) is 6.48. The van der Waals surface area contributed by atoms with Gasteiger partial charge in [-0.15, -0.1) is 0 Å². The summed E-state index contributed by atoms with van der Waals surface area (Å²) in [6.07, 6.45) is 2.36. The molecule has 98 valence electrons. The Labute approximate surface area is 120 Å². The Balaban J connectivity index is 1.91. The van der Waals surface area contributed by atoms with E-state index >= 15 is 0 Å². The molecule has 0 saturated heterocycles. The van der Waals surface area contributed by atoms with Crippen LogP contribution in [0.5, 0.6) is 0 Å². The molecule has 0 aliphatic heterocycles. The van der Waals surface area contributed by atoms with Crippen molar-refractivity contribution in [3.8, 4) is 0 Å². The summed E-state index contributed by atoms with van der Waals surface area (Å²) in [5.41, 5.74) is 2.42. The van der Waals surface area contributed by atoms with Crippen molar-refractivity contribution in [2.45, 2.75) is 13.3 Å². The molecule has 0 unspecified atom stereocenters. The van der Waals surface area contributed by atoms with E-state index < -0.39 is 0 Å². The fraction of sp³-hybridized carbons (Fsp3) is 0.200. The summed E-state index contributed by atoms with van der Waals surface area (Å²) in [5.74, 6) is -0.291. The van der Waals surface area contributed by atoms with Crippen molar-refractivity contribution in [1.29, 1.82) is 0 Å².